The van der Waals surface area contributed by atoms with Gasteiger partial charge in [-0.1, -0.05) is 0 Å². The van der Waals surface area contributed by atoms with Gasteiger partial charge in [0, 0.05) is 0 Å². The standard InChI is InChI=1S/C9H11IN2O3/c1-3-15-7(13)4-12-5-11-6(2)8(10)9(12)14/h5H,3-4H2,1-2H3. The zero-order chi connectivity index (χ0) is 11.4. The van der Waals surface area contributed by atoms with Gasteiger partial charge in [-0.15, -0.1) is 0 Å². The summed E-state index contributed by atoms with van der Waals surface area (Å²) in [6.45, 7) is 3.69. The molecule has 0 aliphatic carbocycles. The molecule has 0 radical (unpaired) electrons. The number of esters is 1. The highest BCUT2D eigenvalue weighted by Gasteiger charge is 2.09. The molecule has 0 saturated heterocycles. The lowest BCUT2D eigenvalue weighted by Gasteiger charge is -2.05. The van der Waals surface area contributed by atoms with Crippen LogP contribution in [0, 0.1) is 10.5 Å². The molecule has 0 spiro atoms. The van der Waals surface area contributed by atoms with E-state index in [1.165, 1.54) is 10.9 Å². The number of rotatable bonds is 3. The van der Waals surface area contributed by atoms with Gasteiger partial charge in [0.25, 0.3) is 5.56 Å². The van der Waals surface area contributed by atoms with Gasteiger partial charge in [-0.25, -0.2) is 4.98 Å². The summed E-state index contributed by atoms with van der Waals surface area (Å²) in [5, 5.41) is 0. The lowest BCUT2D eigenvalue weighted by atomic mass is 10.4. The van der Waals surface area contributed by atoms with Crippen molar-refractivity contribution in [2.24, 2.45) is 0 Å². The Morgan fingerprint density at radius 3 is 2.93 bits per heavy atom. The van der Waals surface area contributed by atoms with Crippen molar-refractivity contribution in [3.05, 3.63) is 25.9 Å². The van der Waals surface area contributed by atoms with E-state index < -0.39 is 5.97 Å². The van der Waals surface area contributed by atoms with E-state index in [2.05, 4.69) is 4.98 Å². The number of aryl methyl sites for hydroxylation is 1. The Morgan fingerprint density at radius 2 is 2.33 bits per heavy atom. The van der Waals surface area contributed by atoms with Crippen LogP contribution in [0.3, 0.4) is 0 Å². The van der Waals surface area contributed by atoms with Gasteiger partial charge in [0.1, 0.15) is 6.54 Å². The number of halogens is 1. The van der Waals surface area contributed by atoms with Crippen LogP contribution >= 0.6 is 22.6 Å². The quantitative estimate of drug-likeness (QED) is 0.608. The van der Waals surface area contributed by atoms with Crippen LogP contribution in [-0.2, 0) is 16.1 Å². The molecular formula is C9H11IN2O3. The molecule has 0 bridgehead atoms. The van der Waals surface area contributed by atoms with Crippen molar-refractivity contribution >= 4 is 28.6 Å². The Bertz CT molecular complexity index is 428. The van der Waals surface area contributed by atoms with Crippen molar-refractivity contribution in [2.75, 3.05) is 6.61 Å². The van der Waals surface area contributed by atoms with E-state index in [9.17, 15) is 9.59 Å². The number of aromatic nitrogens is 2. The summed E-state index contributed by atoms with van der Waals surface area (Å²) in [6, 6.07) is 0. The van der Waals surface area contributed by atoms with E-state index in [1.54, 1.807) is 13.8 Å². The lowest BCUT2D eigenvalue weighted by molar-refractivity contribution is -0.143. The average molecular weight is 322 g/mol. The summed E-state index contributed by atoms with van der Waals surface area (Å²) in [5.41, 5.74) is 0.455. The molecule has 82 valence electrons. The van der Waals surface area contributed by atoms with Gasteiger partial charge < -0.3 is 4.74 Å². The normalized spacial score (nSPS) is 10.1. The minimum absolute atomic E-state index is 0.0873. The molecule has 0 N–H and O–H groups in total. The molecule has 0 unspecified atom stereocenters. The number of hydrogen-bond donors (Lipinski definition) is 0. The SMILES string of the molecule is CCOC(=O)Cn1cnc(C)c(I)c1=O. The molecule has 0 saturated carbocycles. The van der Waals surface area contributed by atoms with E-state index in [1.807, 2.05) is 22.6 Å². The highest BCUT2D eigenvalue weighted by Crippen LogP contribution is 2.01. The van der Waals surface area contributed by atoms with E-state index in [4.69, 9.17) is 4.74 Å². The molecule has 15 heavy (non-hydrogen) atoms. The van der Waals surface area contributed by atoms with Crippen LogP contribution < -0.4 is 5.56 Å². The zero-order valence-corrected chi connectivity index (χ0v) is 10.6. The summed E-state index contributed by atoms with van der Waals surface area (Å²) in [4.78, 5) is 26.8. The maximum Gasteiger partial charge on any atom is 0.326 e. The van der Waals surface area contributed by atoms with Crippen LogP contribution in [0.4, 0.5) is 0 Å². The van der Waals surface area contributed by atoms with Crippen LogP contribution in [0.15, 0.2) is 11.1 Å². The molecule has 6 heteroatoms. The fourth-order valence-electron chi connectivity index (χ4n) is 1.00. The second-order valence-electron chi connectivity index (χ2n) is 2.88. The predicted octanol–water partition coefficient (Wildman–Crippen LogP) is 0.719. The maximum atomic E-state index is 11.6. The molecule has 0 atom stereocenters. The van der Waals surface area contributed by atoms with Crippen molar-refractivity contribution in [1.29, 1.82) is 0 Å². The van der Waals surface area contributed by atoms with Crippen LogP contribution in [-0.4, -0.2) is 22.1 Å². The molecule has 1 aromatic heterocycles. The molecule has 0 fully saturated rings. The molecular weight excluding hydrogens is 311 g/mol. The molecule has 0 aliphatic rings. The van der Waals surface area contributed by atoms with Gasteiger partial charge in [0.05, 0.1) is 22.2 Å². The number of carbonyl (C=O) groups is 1. The summed E-state index contributed by atoms with van der Waals surface area (Å²) in [6.07, 6.45) is 1.36. The highest BCUT2D eigenvalue weighted by atomic mass is 127. The van der Waals surface area contributed by atoms with Gasteiger partial charge in [0.2, 0.25) is 0 Å². The fourth-order valence-corrected chi connectivity index (χ4v) is 1.45. The first-order valence-corrected chi connectivity index (χ1v) is 5.51. The molecule has 5 nitrogen and oxygen atoms in total. The Labute approximate surface area is 101 Å². The summed E-state index contributed by atoms with van der Waals surface area (Å²) in [5.74, 6) is -0.430. The number of carbonyl (C=O) groups excluding carboxylic acids is 1. The Hall–Kier alpha value is -0.920. The molecule has 1 heterocycles. The van der Waals surface area contributed by atoms with E-state index in [0.717, 1.165) is 0 Å². The van der Waals surface area contributed by atoms with E-state index in [0.29, 0.717) is 15.9 Å². The third kappa shape index (κ3) is 3.01. The van der Waals surface area contributed by atoms with Crippen LogP contribution in [0.25, 0.3) is 0 Å². The second-order valence-corrected chi connectivity index (χ2v) is 3.96. The lowest BCUT2D eigenvalue weighted by Crippen LogP contribution is -2.28. The minimum atomic E-state index is -0.430. The first-order chi connectivity index (χ1) is 7.06. The maximum absolute atomic E-state index is 11.6. The van der Waals surface area contributed by atoms with E-state index >= 15 is 0 Å². The van der Waals surface area contributed by atoms with Crippen LogP contribution in [0.5, 0.6) is 0 Å². The monoisotopic (exact) mass is 322 g/mol. The van der Waals surface area contributed by atoms with Crippen molar-refractivity contribution in [1.82, 2.24) is 9.55 Å². The van der Waals surface area contributed by atoms with E-state index in [-0.39, 0.29) is 12.1 Å². The molecule has 0 aromatic carbocycles. The largest absolute Gasteiger partial charge is 0.465 e. The Morgan fingerprint density at radius 1 is 1.67 bits per heavy atom. The first-order valence-electron chi connectivity index (χ1n) is 4.43. The topological polar surface area (TPSA) is 61.2 Å². The average Bonchev–Trinajstić information content (AvgIpc) is 2.20. The van der Waals surface area contributed by atoms with Gasteiger partial charge in [-0.2, -0.15) is 0 Å². The molecule has 1 rings (SSSR count). The van der Waals surface area contributed by atoms with Crippen molar-refractivity contribution in [3.63, 3.8) is 0 Å². The van der Waals surface area contributed by atoms with Crippen LogP contribution in [0.2, 0.25) is 0 Å². The van der Waals surface area contributed by atoms with Gasteiger partial charge >= 0.3 is 5.97 Å². The van der Waals surface area contributed by atoms with Crippen molar-refractivity contribution in [2.45, 2.75) is 20.4 Å². The smallest absolute Gasteiger partial charge is 0.326 e. The van der Waals surface area contributed by atoms with Crippen molar-refractivity contribution in [3.8, 4) is 0 Å². The first kappa shape index (κ1) is 12.2. The van der Waals surface area contributed by atoms with Crippen LogP contribution in [0.1, 0.15) is 12.6 Å². The number of ether oxygens (including phenoxy) is 1. The fraction of sp³-hybridized carbons (Fsp3) is 0.444. The highest BCUT2D eigenvalue weighted by molar-refractivity contribution is 14.1. The minimum Gasteiger partial charge on any atom is -0.465 e. The summed E-state index contributed by atoms with van der Waals surface area (Å²) >= 11 is 1.91. The van der Waals surface area contributed by atoms with Gasteiger partial charge in [0.15, 0.2) is 0 Å². The van der Waals surface area contributed by atoms with Gasteiger partial charge in [-0.3, -0.25) is 14.2 Å². The third-order valence-corrected chi connectivity index (χ3v) is 3.00. The number of hydrogen-bond acceptors (Lipinski definition) is 4. The molecule has 1 aromatic rings. The third-order valence-electron chi connectivity index (χ3n) is 1.76. The second kappa shape index (κ2) is 5.24. The summed E-state index contributed by atoms with van der Waals surface area (Å²) < 4.78 is 6.51. The van der Waals surface area contributed by atoms with Gasteiger partial charge in [-0.05, 0) is 36.4 Å². The van der Waals surface area contributed by atoms with Crippen molar-refractivity contribution < 1.29 is 9.53 Å². The summed E-state index contributed by atoms with van der Waals surface area (Å²) in [7, 11) is 0. The predicted molar refractivity (Wildman–Crippen MR) is 62.6 cm³/mol. The Balaban J connectivity index is 2.92. The Kier molecular flexibility index (Phi) is 4.25. The number of nitrogens with zero attached hydrogens (tertiary/aromatic N) is 2. The molecule has 0 aliphatic heterocycles. The zero-order valence-electron chi connectivity index (χ0n) is 8.49. The molecule has 0 amide bonds.